The Morgan fingerprint density at radius 3 is 2.36 bits per heavy atom. The molecule has 3 rings (SSSR count). The topological polar surface area (TPSA) is 38.7 Å². The van der Waals surface area contributed by atoms with Crippen LogP contribution in [-0.4, -0.2) is 54.0 Å². The molecule has 1 unspecified atom stereocenters. The van der Waals surface area contributed by atoms with Crippen LogP contribution in [0.5, 0.6) is 0 Å². The van der Waals surface area contributed by atoms with Gasteiger partial charge in [-0.15, -0.1) is 0 Å². The maximum Gasteiger partial charge on any atom is 0.163 e. The van der Waals surface area contributed by atoms with Gasteiger partial charge in [-0.2, -0.15) is 0 Å². The first kappa shape index (κ1) is 15.9. The van der Waals surface area contributed by atoms with E-state index in [1.54, 1.807) is 0 Å². The maximum atomic E-state index is 10.2. The summed E-state index contributed by atoms with van der Waals surface area (Å²) in [5.41, 5.74) is 1.67. The summed E-state index contributed by atoms with van der Waals surface area (Å²) >= 11 is 0. The highest BCUT2D eigenvalue weighted by Crippen LogP contribution is 2.47. The van der Waals surface area contributed by atoms with Gasteiger partial charge in [-0.3, -0.25) is 15.1 Å². The summed E-state index contributed by atoms with van der Waals surface area (Å²) in [6, 6.07) is 10.9. The predicted molar refractivity (Wildman–Crippen MR) is 89.4 cm³/mol. The number of benzene rings is 1. The first-order valence-electron chi connectivity index (χ1n) is 8.45. The molecule has 4 nitrogen and oxygen atoms in total. The van der Waals surface area contributed by atoms with E-state index in [0.29, 0.717) is 0 Å². The monoisotopic (exact) mass is 303 g/mol. The molecule has 1 saturated heterocycles. The fourth-order valence-corrected chi connectivity index (χ4v) is 4.60. The number of likely N-dealkylation sites (N-methyl/N-ethyl adjacent to an activating group) is 1. The van der Waals surface area contributed by atoms with Crippen molar-refractivity contribution in [1.82, 2.24) is 15.1 Å². The molecule has 1 aromatic rings. The van der Waals surface area contributed by atoms with Crippen LogP contribution in [0.3, 0.4) is 0 Å². The molecule has 122 valence electrons. The third-order valence-corrected chi connectivity index (χ3v) is 6.03. The lowest BCUT2D eigenvalue weighted by Crippen LogP contribution is -2.56. The molecule has 22 heavy (non-hydrogen) atoms. The lowest BCUT2D eigenvalue weighted by Gasteiger charge is -2.51. The molecule has 0 bridgehead atoms. The summed E-state index contributed by atoms with van der Waals surface area (Å²) in [4.78, 5) is 4.64. The second-order valence-corrected chi connectivity index (χ2v) is 7.06. The van der Waals surface area contributed by atoms with Crippen molar-refractivity contribution in [2.24, 2.45) is 0 Å². The van der Waals surface area contributed by atoms with Gasteiger partial charge in [0.05, 0.1) is 0 Å². The molecular formula is C18H29N3O. The summed E-state index contributed by atoms with van der Waals surface area (Å²) in [7, 11) is 4.40. The van der Waals surface area contributed by atoms with E-state index < -0.39 is 6.35 Å². The number of nitrogens with one attached hydrogen (secondary N) is 1. The van der Waals surface area contributed by atoms with Gasteiger partial charge in [0, 0.05) is 17.6 Å². The molecule has 1 atom stereocenters. The highest BCUT2D eigenvalue weighted by Gasteiger charge is 2.51. The summed E-state index contributed by atoms with van der Waals surface area (Å²) in [5, 5.41) is 13.4. The highest BCUT2D eigenvalue weighted by atomic mass is 16.3. The van der Waals surface area contributed by atoms with E-state index in [-0.39, 0.29) is 11.1 Å². The summed E-state index contributed by atoms with van der Waals surface area (Å²) in [6.07, 6.45) is 4.04. The average molecular weight is 303 g/mol. The fraction of sp³-hybridized carbons (Fsp3) is 0.667. The van der Waals surface area contributed by atoms with Crippen LogP contribution >= 0.6 is 0 Å². The number of aliphatic hydroxyl groups excluding tert-OH is 1. The van der Waals surface area contributed by atoms with Crippen molar-refractivity contribution in [3.63, 3.8) is 0 Å². The minimum Gasteiger partial charge on any atom is -0.365 e. The number of hydrogen-bond acceptors (Lipinski definition) is 4. The SMILES string of the molecule is CCN1C(O)NCC12CCC(c1ccccc1)(N(C)C)CC2. The molecule has 1 aliphatic heterocycles. The molecular weight excluding hydrogens is 274 g/mol. The van der Waals surface area contributed by atoms with E-state index in [2.05, 4.69) is 66.5 Å². The van der Waals surface area contributed by atoms with E-state index in [4.69, 9.17) is 0 Å². The third-order valence-electron chi connectivity index (χ3n) is 6.03. The van der Waals surface area contributed by atoms with Crippen molar-refractivity contribution in [2.75, 3.05) is 27.2 Å². The second-order valence-electron chi connectivity index (χ2n) is 7.06. The van der Waals surface area contributed by atoms with Crippen molar-refractivity contribution in [1.29, 1.82) is 0 Å². The Morgan fingerprint density at radius 2 is 1.82 bits per heavy atom. The first-order valence-corrected chi connectivity index (χ1v) is 8.45. The quantitative estimate of drug-likeness (QED) is 0.895. The van der Waals surface area contributed by atoms with Crippen LogP contribution in [0.1, 0.15) is 38.2 Å². The lowest BCUT2D eigenvalue weighted by molar-refractivity contribution is -0.0552. The van der Waals surface area contributed by atoms with Gasteiger partial charge in [-0.25, -0.2) is 0 Å². The molecule has 1 aromatic carbocycles. The molecule has 1 heterocycles. The Morgan fingerprint density at radius 1 is 1.18 bits per heavy atom. The van der Waals surface area contributed by atoms with Gasteiger partial charge in [-0.1, -0.05) is 37.3 Å². The van der Waals surface area contributed by atoms with Crippen molar-refractivity contribution in [3.05, 3.63) is 35.9 Å². The van der Waals surface area contributed by atoms with Crippen molar-refractivity contribution in [3.8, 4) is 0 Å². The zero-order chi connectivity index (χ0) is 15.8. The third kappa shape index (κ3) is 2.38. The van der Waals surface area contributed by atoms with E-state index in [1.807, 2.05) is 0 Å². The lowest BCUT2D eigenvalue weighted by atomic mass is 9.68. The summed E-state index contributed by atoms with van der Waals surface area (Å²) in [6.45, 7) is 3.94. The molecule has 2 fully saturated rings. The standard InChI is InChI=1S/C18H29N3O/c1-4-21-16(22)19-14-17(21)10-12-18(13-11-17,20(2)3)15-8-6-5-7-9-15/h5-9,16,19,22H,4,10-14H2,1-3H3. The predicted octanol–water partition coefficient (Wildman–Crippen LogP) is 1.96. The molecule has 1 saturated carbocycles. The summed E-state index contributed by atoms with van der Waals surface area (Å²) < 4.78 is 0. The molecule has 0 radical (unpaired) electrons. The van der Waals surface area contributed by atoms with Gasteiger partial charge in [0.2, 0.25) is 0 Å². The van der Waals surface area contributed by atoms with E-state index in [9.17, 15) is 5.11 Å². The molecule has 0 amide bonds. The van der Waals surface area contributed by atoms with Gasteiger partial charge < -0.3 is 5.11 Å². The number of rotatable bonds is 3. The average Bonchev–Trinajstić information content (AvgIpc) is 2.85. The van der Waals surface area contributed by atoms with Gasteiger partial charge in [-0.05, 0) is 51.9 Å². The van der Waals surface area contributed by atoms with Crippen LogP contribution in [0, 0.1) is 0 Å². The van der Waals surface area contributed by atoms with Crippen LogP contribution in [0.25, 0.3) is 0 Å². The zero-order valence-electron chi connectivity index (χ0n) is 14.0. The van der Waals surface area contributed by atoms with Crippen LogP contribution in [0.15, 0.2) is 30.3 Å². The van der Waals surface area contributed by atoms with Gasteiger partial charge in [0.25, 0.3) is 0 Å². The largest absolute Gasteiger partial charge is 0.365 e. The summed E-state index contributed by atoms with van der Waals surface area (Å²) in [5.74, 6) is 0. The number of aliphatic hydroxyl groups is 1. The Labute approximate surface area is 134 Å². The Hall–Kier alpha value is -0.940. The van der Waals surface area contributed by atoms with Crippen LogP contribution in [-0.2, 0) is 5.54 Å². The van der Waals surface area contributed by atoms with Crippen molar-refractivity contribution < 1.29 is 5.11 Å². The molecule has 1 aliphatic carbocycles. The van der Waals surface area contributed by atoms with Gasteiger partial charge in [0.15, 0.2) is 6.35 Å². The first-order chi connectivity index (χ1) is 10.5. The minimum absolute atomic E-state index is 0.124. The number of nitrogens with zero attached hydrogens (tertiary/aromatic N) is 2. The Bertz CT molecular complexity index is 494. The molecule has 4 heteroatoms. The van der Waals surface area contributed by atoms with Crippen LogP contribution in [0.2, 0.25) is 0 Å². The van der Waals surface area contributed by atoms with Crippen molar-refractivity contribution >= 4 is 0 Å². The minimum atomic E-state index is -0.478. The van der Waals surface area contributed by atoms with Crippen molar-refractivity contribution in [2.45, 2.75) is 50.0 Å². The molecule has 1 spiro atoms. The zero-order valence-corrected chi connectivity index (χ0v) is 14.0. The second kappa shape index (κ2) is 5.93. The van der Waals surface area contributed by atoms with Gasteiger partial charge >= 0.3 is 0 Å². The highest BCUT2D eigenvalue weighted by molar-refractivity contribution is 5.26. The molecule has 2 N–H and O–H groups in total. The molecule has 0 aromatic heterocycles. The fourth-order valence-electron chi connectivity index (χ4n) is 4.60. The van der Waals surface area contributed by atoms with E-state index in [1.165, 1.54) is 5.56 Å². The molecule has 2 aliphatic rings. The van der Waals surface area contributed by atoms with E-state index >= 15 is 0 Å². The normalized spacial score (nSPS) is 36.3. The maximum absolute atomic E-state index is 10.2. The van der Waals surface area contributed by atoms with Crippen LogP contribution < -0.4 is 5.32 Å². The van der Waals surface area contributed by atoms with E-state index in [0.717, 1.165) is 38.8 Å². The number of hydrogen-bond donors (Lipinski definition) is 2. The smallest absolute Gasteiger partial charge is 0.163 e. The van der Waals surface area contributed by atoms with Crippen LogP contribution in [0.4, 0.5) is 0 Å². The van der Waals surface area contributed by atoms with Gasteiger partial charge in [0.1, 0.15) is 0 Å². The Kier molecular flexibility index (Phi) is 4.29. The Balaban J connectivity index is 1.85.